The highest BCUT2D eigenvalue weighted by molar-refractivity contribution is 5.85. The number of carbonyl (C=O) groups is 1. The van der Waals surface area contributed by atoms with Gasteiger partial charge in [-0.05, 0) is 43.4 Å². The molecular weight excluding hydrogens is 256 g/mol. The lowest BCUT2D eigenvalue weighted by atomic mass is 9.64. The van der Waals surface area contributed by atoms with Gasteiger partial charge < -0.3 is 10.1 Å². The fourth-order valence-corrected chi connectivity index (χ4v) is 3.28. The molecule has 0 radical (unpaired) electrons. The van der Waals surface area contributed by atoms with Crippen LogP contribution in [0.3, 0.4) is 0 Å². The van der Waals surface area contributed by atoms with Crippen molar-refractivity contribution in [2.24, 2.45) is 0 Å². The fourth-order valence-electron chi connectivity index (χ4n) is 3.28. The average molecular weight is 272 g/mol. The molecule has 5 heteroatoms. The van der Waals surface area contributed by atoms with Gasteiger partial charge in [0.1, 0.15) is 0 Å². The Balaban J connectivity index is 1.88. The molecule has 5 nitrogen and oxygen atoms in total. The molecule has 2 N–H and O–H groups in total. The molecule has 0 saturated heterocycles. The second-order valence-corrected chi connectivity index (χ2v) is 6.00. The number of nitrogens with zero attached hydrogens (tertiary/aromatic N) is 1. The molecule has 2 aliphatic carbocycles. The Morgan fingerprint density at radius 1 is 1.35 bits per heavy atom. The van der Waals surface area contributed by atoms with Crippen LogP contribution in [0, 0.1) is 0 Å². The number of rotatable bonds is 3. The third kappa shape index (κ3) is 1.43. The van der Waals surface area contributed by atoms with Crippen LogP contribution < -0.4 is 5.69 Å². The molecule has 104 valence electrons. The van der Waals surface area contributed by atoms with E-state index in [9.17, 15) is 14.7 Å². The first-order chi connectivity index (χ1) is 9.62. The van der Waals surface area contributed by atoms with E-state index in [0.717, 1.165) is 35.9 Å². The van der Waals surface area contributed by atoms with Gasteiger partial charge in [-0.2, -0.15) is 0 Å². The molecule has 0 bridgehead atoms. The number of aromatic amines is 1. The second-order valence-electron chi connectivity index (χ2n) is 6.00. The minimum absolute atomic E-state index is 0.0855. The summed E-state index contributed by atoms with van der Waals surface area (Å²) in [6, 6.07) is 5.94. The maximum Gasteiger partial charge on any atom is 0.326 e. The number of benzene rings is 1. The number of fused-ring (bicyclic) bond motifs is 1. The largest absolute Gasteiger partial charge is 0.481 e. The number of carboxylic acid groups (broad SMARTS) is 1. The van der Waals surface area contributed by atoms with Gasteiger partial charge in [0.15, 0.2) is 0 Å². The first kappa shape index (κ1) is 11.8. The smallest absolute Gasteiger partial charge is 0.326 e. The number of hydrogen-bond donors (Lipinski definition) is 2. The molecule has 20 heavy (non-hydrogen) atoms. The highest BCUT2D eigenvalue weighted by atomic mass is 16.4. The maximum absolute atomic E-state index is 12.0. The monoisotopic (exact) mass is 272 g/mol. The van der Waals surface area contributed by atoms with Crippen LogP contribution in [0.15, 0.2) is 23.0 Å². The van der Waals surface area contributed by atoms with Crippen LogP contribution in [0.2, 0.25) is 0 Å². The minimum atomic E-state index is -0.757. The lowest BCUT2D eigenvalue weighted by molar-refractivity contribution is -0.147. The predicted molar refractivity (Wildman–Crippen MR) is 74.0 cm³/mol. The summed E-state index contributed by atoms with van der Waals surface area (Å²) in [5, 5.41) is 9.49. The van der Waals surface area contributed by atoms with E-state index in [4.69, 9.17) is 0 Å². The quantitative estimate of drug-likeness (QED) is 0.899. The van der Waals surface area contributed by atoms with E-state index in [2.05, 4.69) is 4.98 Å². The number of hydrogen-bond acceptors (Lipinski definition) is 2. The van der Waals surface area contributed by atoms with Crippen LogP contribution in [0.1, 0.15) is 43.7 Å². The molecule has 0 unspecified atom stereocenters. The van der Waals surface area contributed by atoms with Crippen LogP contribution in [0.25, 0.3) is 11.0 Å². The zero-order chi connectivity index (χ0) is 13.9. The highest BCUT2D eigenvalue weighted by Crippen LogP contribution is 2.45. The van der Waals surface area contributed by atoms with Crippen molar-refractivity contribution in [3.63, 3.8) is 0 Å². The molecular formula is C15H16N2O3. The fraction of sp³-hybridized carbons (Fsp3) is 0.467. The third-order valence-corrected chi connectivity index (χ3v) is 4.80. The number of H-pyrrole nitrogens is 1. The summed E-state index contributed by atoms with van der Waals surface area (Å²) < 4.78 is 1.80. The van der Waals surface area contributed by atoms with Crippen molar-refractivity contribution in [1.29, 1.82) is 0 Å². The Bertz CT molecular complexity index is 763. The Kier molecular flexibility index (Phi) is 2.20. The van der Waals surface area contributed by atoms with Crippen LogP contribution in [0.5, 0.6) is 0 Å². The molecule has 1 heterocycles. The van der Waals surface area contributed by atoms with Gasteiger partial charge in [-0.1, -0.05) is 12.5 Å². The number of aliphatic carboxylic acids is 1. The molecule has 2 saturated carbocycles. The average Bonchev–Trinajstić information content (AvgIpc) is 3.10. The van der Waals surface area contributed by atoms with Crippen LogP contribution in [-0.4, -0.2) is 20.6 Å². The molecule has 2 aromatic rings. The molecule has 0 amide bonds. The van der Waals surface area contributed by atoms with Crippen LogP contribution >= 0.6 is 0 Å². The first-order valence-corrected chi connectivity index (χ1v) is 7.10. The van der Waals surface area contributed by atoms with Crippen molar-refractivity contribution in [2.75, 3.05) is 0 Å². The van der Waals surface area contributed by atoms with E-state index in [1.807, 2.05) is 18.2 Å². The van der Waals surface area contributed by atoms with Gasteiger partial charge in [0, 0.05) is 6.04 Å². The van der Waals surface area contributed by atoms with Gasteiger partial charge in [0.2, 0.25) is 0 Å². The number of imidazole rings is 1. The summed E-state index contributed by atoms with van der Waals surface area (Å²) >= 11 is 0. The Hall–Kier alpha value is -2.04. The summed E-state index contributed by atoms with van der Waals surface area (Å²) in [6.45, 7) is 0. The predicted octanol–water partition coefficient (Wildman–Crippen LogP) is 2.17. The lowest BCUT2D eigenvalue weighted by Gasteiger charge is -2.38. The molecule has 0 atom stereocenters. The van der Waals surface area contributed by atoms with E-state index < -0.39 is 11.4 Å². The van der Waals surface area contributed by atoms with E-state index in [1.54, 1.807) is 4.57 Å². The Labute approximate surface area is 115 Å². The topological polar surface area (TPSA) is 75.1 Å². The van der Waals surface area contributed by atoms with Gasteiger partial charge in [0.25, 0.3) is 0 Å². The van der Waals surface area contributed by atoms with Crippen molar-refractivity contribution in [2.45, 2.75) is 43.6 Å². The molecule has 2 fully saturated rings. The summed E-state index contributed by atoms with van der Waals surface area (Å²) in [5.41, 5.74) is 1.63. The summed E-state index contributed by atoms with van der Waals surface area (Å²) in [7, 11) is 0. The van der Waals surface area contributed by atoms with E-state index in [0.29, 0.717) is 18.9 Å². The van der Waals surface area contributed by atoms with Crippen LogP contribution in [-0.2, 0) is 10.2 Å². The molecule has 1 aromatic carbocycles. The SMILES string of the molecule is O=C(O)C1(c2ccc3c(c2)[nH]c(=O)n3C2CC2)CCC1. The van der Waals surface area contributed by atoms with Gasteiger partial charge >= 0.3 is 11.7 Å². The van der Waals surface area contributed by atoms with Gasteiger partial charge in [-0.15, -0.1) is 0 Å². The number of carboxylic acids is 1. The molecule has 0 spiro atoms. The third-order valence-electron chi connectivity index (χ3n) is 4.80. The van der Waals surface area contributed by atoms with Crippen molar-refractivity contribution in [1.82, 2.24) is 9.55 Å². The van der Waals surface area contributed by atoms with Gasteiger partial charge in [0.05, 0.1) is 16.4 Å². The number of nitrogens with one attached hydrogen (secondary N) is 1. The maximum atomic E-state index is 12.0. The second kappa shape index (κ2) is 3.75. The molecule has 0 aliphatic heterocycles. The van der Waals surface area contributed by atoms with E-state index in [1.165, 1.54) is 0 Å². The summed E-state index contributed by atoms with van der Waals surface area (Å²) in [5.74, 6) is -0.757. The van der Waals surface area contributed by atoms with Crippen molar-refractivity contribution < 1.29 is 9.90 Å². The van der Waals surface area contributed by atoms with Gasteiger partial charge in [-0.3, -0.25) is 9.36 Å². The first-order valence-electron chi connectivity index (χ1n) is 7.10. The minimum Gasteiger partial charge on any atom is -0.481 e. The Morgan fingerprint density at radius 3 is 2.65 bits per heavy atom. The van der Waals surface area contributed by atoms with Crippen molar-refractivity contribution >= 4 is 17.0 Å². The van der Waals surface area contributed by atoms with Gasteiger partial charge in [-0.25, -0.2) is 4.79 Å². The zero-order valence-electron chi connectivity index (χ0n) is 11.1. The number of aromatic nitrogens is 2. The molecule has 1 aromatic heterocycles. The lowest BCUT2D eigenvalue weighted by Crippen LogP contribution is -2.42. The van der Waals surface area contributed by atoms with E-state index >= 15 is 0 Å². The van der Waals surface area contributed by atoms with E-state index in [-0.39, 0.29) is 5.69 Å². The normalized spacial score (nSPS) is 20.8. The standard InChI is InChI=1S/C15H16N2O3/c18-13(19)15(6-1-7-15)9-2-5-12-11(8-9)16-14(20)17(12)10-3-4-10/h2,5,8,10H,1,3-4,6-7H2,(H,16,20)(H,18,19). The summed E-state index contributed by atoms with van der Waals surface area (Å²) in [4.78, 5) is 26.4. The highest BCUT2D eigenvalue weighted by Gasteiger charge is 2.46. The van der Waals surface area contributed by atoms with Crippen LogP contribution in [0.4, 0.5) is 0 Å². The summed E-state index contributed by atoms with van der Waals surface area (Å²) in [6.07, 6.45) is 4.41. The molecule has 2 aliphatic rings. The van der Waals surface area contributed by atoms with Crippen molar-refractivity contribution in [3.05, 3.63) is 34.2 Å². The molecule has 4 rings (SSSR count). The zero-order valence-corrected chi connectivity index (χ0v) is 11.1. The Morgan fingerprint density at radius 2 is 2.10 bits per heavy atom. The van der Waals surface area contributed by atoms with Crippen molar-refractivity contribution in [3.8, 4) is 0 Å².